The van der Waals surface area contributed by atoms with E-state index in [1.54, 1.807) is 17.0 Å². The summed E-state index contributed by atoms with van der Waals surface area (Å²) in [7, 11) is 0. The molecule has 1 atom stereocenters. The van der Waals surface area contributed by atoms with Crippen molar-refractivity contribution in [2.24, 2.45) is 0 Å². The van der Waals surface area contributed by atoms with Crippen molar-refractivity contribution in [1.29, 1.82) is 5.26 Å². The third kappa shape index (κ3) is 5.69. The highest BCUT2D eigenvalue weighted by Crippen LogP contribution is 2.34. The van der Waals surface area contributed by atoms with Crippen LogP contribution in [-0.4, -0.2) is 66.3 Å². The number of piperidine rings is 1. The van der Waals surface area contributed by atoms with E-state index >= 15 is 0 Å². The van der Waals surface area contributed by atoms with Gasteiger partial charge in [-0.15, -0.1) is 0 Å². The topological polar surface area (TPSA) is 94.9 Å². The molecule has 2 aromatic carbocycles. The number of carbonyl (C=O) groups excluding carboxylic acids is 2. The number of rotatable bonds is 7. The third-order valence-corrected chi connectivity index (χ3v) is 7.40. The van der Waals surface area contributed by atoms with Gasteiger partial charge in [0.25, 0.3) is 5.91 Å². The number of nitrogens with zero attached hydrogens (tertiary/aromatic N) is 3. The molecular weight excluding hydrogens is 456 g/mol. The molecule has 188 valence electrons. The standard InChI is InChI=1S/C28H32N4O4/c29-16-21-3-5-22(6-4-21)18-31-13-11-28(12-14-31)20-32(27(34)36-28)19-23-7-9-24(10-8-23)26(33)30-17-25-2-1-15-35-25/h3-10,25H,1-2,11-15,17-20H2,(H,30,33). The van der Waals surface area contributed by atoms with Gasteiger partial charge in [0.1, 0.15) is 5.60 Å². The monoisotopic (exact) mass is 488 g/mol. The van der Waals surface area contributed by atoms with Gasteiger partial charge in [-0.1, -0.05) is 24.3 Å². The van der Waals surface area contributed by atoms with Crippen LogP contribution in [0.1, 0.15) is 52.7 Å². The van der Waals surface area contributed by atoms with Crippen molar-refractivity contribution >= 4 is 12.0 Å². The van der Waals surface area contributed by atoms with Crippen LogP contribution in [-0.2, 0) is 22.6 Å². The van der Waals surface area contributed by atoms with Crippen molar-refractivity contribution in [3.8, 4) is 6.07 Å². The SMILES string of the molecule is N#Cc1ccc(CN2CCC3(CC2)CN(Cc2ccc(C(=O)NCC4CCCO4)cc2)C(=O)O3)cc1. The predicted molar refractivity (Wildman–Crippen MR) is 133 cm³/mol. The molecule has 3 aliphatic heterocycles. The number of amides is 2. The zero-order valence-electron chi connectivity index (χ0n) is 20.4. The highest BCUT2D eigenvalue weighted by molar-refractivity contribution is 5.94. The fourth-order valence-electron chi connectivity index (χ4n) is 5.23. The molecule has 3 heterocycles. The first-order chi connectivity index (χ1) is 17.5. The number of carbonyl (C=O) groups is 2. The Labute approximate surface area is 211 Å². The van der Waals surface area contributed by atoms with Gasteiger partial charge in [-0.2, -0.15) is 5.26 Å². The second-order valence-electron chi connectivity index (χ2n) is 10.0. The van der Waals surface area contributed by atoms with Gasteiger partial charge in [0.2, 0.25) is 0 Å². The van der Waals surface area contributed by atoms with E-state index in [2.05, 4.69) is 16.3 Å². The van der Waals surface area contributed by atoms with Crippen molar-refractivity contribution in [2.45, 2.75) is 50.5 Å². The van der Waals surface area contributed by atoms with Crippen LogP contribution in [0.15, 0.2) is 48.5 Å². The first-order valence-electron chi connectivity index (χ1n) is 12.7. The third-order valence-electron chi connectivity index (χ3n) is 7.40. The van der Waals surface area contributed by atoms with Crippen molar-refractivity contribution in [3.63, 3.8) is 0 Å². The molecule has 1 unspecified atom stereocenters. The Bertz CT molecular complexity index is 1110. The van der Waals surface area contributed by atoms with E-state index in [0.29, 0.717) is 30.8 Å². The number of nitrogens with one attached hydrogen (secondary N) is 1. The normalized spacial score (nSPS) is 21.4. The van der Waals surface area contributed by atoms with Gasteiger partial charge in [-0.3, -0.25) is 14.6 Å². The molecule has 0 radical (unpaired) electrons. The van der Waals surface area contributed by atoms with Crippen LogP contribution in [0.5, 0.6) is 0 Å². The van der Waals surface area contributed by atoms with Gasteiger partial charge in [0.05, 0.1) is 24.3 Å². The van der Waals surface area contributed by atoms with Gasteiger partial charge in [0.15, 0.2) is 0 Å². The zero-order chi connectivity index (χ0) is 25.0. The lowest BCUT2D eigenvalue weighted by Gasteiger charge is -2.37. The Morgan fingerprint density at radius 3 is 2.42 bits per heavy atom. The summed E-state index contributed by atoms with van der Waals surface area (Å²) in [5.74, 6) is -0.107. The first-order valence-corrected chi connectivity index (χ1v) is 12.7. The van der Waals surface area contributed by atoms with Crippen LogP contribution in [0, 0.1) is 11.3 Å². The van der Waals surface area contributed by atoms with Gasteiger partial charge in [-0.25, -0.2) is 4.79 Å². The average Bonchev–Trinajstić information content (AvgIpc) is 3.53. The van der Waals surface area contributed by atoms with E-state index in [9.17, 15) is 9.59 Å². The van der Waals surface area contributed by atoms with E-state index in [0.717, 1.165) is 57.5 Å². The second kappa shape index (κ2) is 10.7. The molecule has 3 aliphatic rings. The largest absolute Gasteiger partial charge is 0.441 e. The van der Waals surface area contributed by atoms with Crippen LogP contribution in [0.25, 0.3) is 0 Å². The summed E-state index contributed by atoms with van der Waals surface area (Å²) in [4.78, 5) is 29.2. The molecule has 3 saturated heterocycles. The lowest BCUT2D eigenvalue weighted by Crippen LogP contribution is -2.46. The van der Waals surface area contributed by atoms with Crippen LogP contribution in [0.4, 0.5) is 4.79 Å². The van der Waals surface area contributed by atoms with E-state index in [4.69, 9.17) is 14.7 Å². The predicted octanol–water partition coefficient (Wildman–Crippen LogP) is 3.45. The molecule has 1 spiro atoms. The lowest BCUT2D eigenvalue weighted by molar-refractivity contribution is -0.00125. The molecule has 2 amide bonds. The van der Waals surface area contributed by atoms with E-state index in [1.807, 2.05) is 36.4 Å². The lowest BCUT2D eigenvalue weighted by atomic mass is 9.91. The number of ether oxygens (including phenoxy) is 2. The minimum absolute atomic E-state index is 0.107. The van der Waals surface area contributed by atoms with Gasteiger partial charge >= 0.3 is 6.09 Å². The minimum atomic E-state index is -0.430. The molecule has 36 heavy (non-hydrogen) atoms. The summed E-state index contributed by atoms with van der Waals surface area (Å²) in [6.07, 6.45) is 3.48. The summed E-state index contributed by atoms with van der Waals surface area (Å²) in [6, 6.07) is 17.3. The molecule has 8 heteroatoms. The molecule has 2 aromatic rings. The molecule has 0 bridgehead atoms. The maximum atomic E-state index is 12.7. The van der Waals surface area contributed by atoms with Crippen LogP contribution in [0.2, 0.25) is 0 Å². The maximum Gasteiger partial charge on any atom is 0.410 e. The van der Waals surface area contributed by atoms with E-state index < -0.39 is 5.60 Å². The fraction of sp³-hybridized carbons (Fsp3) is 0.464. The number of hydrogen-bond acceptors (Lipinski definition) is 6. The van der Waals surface area contributed by atoms with Crippen LogP contribution in [0.3, 0.4) is 0 Å². The smallest absolute Gasteiger partial charge is 0.410 e. The molecule has 0 aliphatic carbocycles. The van der Waals surface area contributed by atoms with Gasteiger partial charge < -0.3 is 14.8 Å². The Balaban J connectivity index is 1.10. The molecule has 8 nitrogen and oxygen atoms in total. The van der Waals surface area contributed by atoms with Crippen molar-refractivity contribution in [2.75, 3.05) is 32.8 Å². The minimum Gasteiger partial charge on any atom is -0.441 e. The molecule has 1 N–H and O–H groups in total. The van der Waals surface area contributed by atoms with Gasteiger partial charge in [-0.05, 0) is 48.2 Å². The Morgan fingerprint density at radius 2 is 1.75 bits per heavy atom. The quantitative estimate of drug-likeness (QED) is 0.642. The summed E-state index contributed by atoms with van der Waals surface area (Å²) in [6.45, 7) is 4.90. The second-order valence-corrected chi connectivity index (χ2v) is 10.0. The summed E-state index contributed by atoms with van der Waals surface area (Å²) in [5, 5.41) is 11.9. The Kier molecular flexibility index (Phi) is 7.21. The van der Waals surface area contributed by atoms with Crippen molar-refractivity contribution < 1.29 is 19.1 Å². The van der Waals surface area contributed by atoms with Crippen LogP contribution < -0.4 is 5.32 Å². The highest BCUT2D eigenvalue weighted by atomic mass is 16.6. The van der Waals surface area contributed by atoms with Crippen LogP contribution >= 0.6 is 0 Å². The molecule has 3 fully saturated rings. The molecule has 5 rings (SSSR count). The molecule has 0 saturated carbocycles. The highest BCUT2D eigenvalue weighted by Gasteiger charge is 2.46. The zero-order valence-corrected chi connectivity index (χ0v) is 20.4. The fourth-order valence-corrected chi connectivity index (χ4v) is 5.23. The number of likely N-dealkylation sites (tertiary alicyclic amines) is 1. The van der Waals surface area contributed by atoms with E-state index in [1.165, 1.54) is 5.56 Å². The Hall–Kier alpha value is -3.41. The number of nitriles is 1. The number of hydrogen-bond donors (Lipinski definition) is 1. The van der Waals surface area contributed by atoms with E-state index in [-0.39, 0.29) is 18.1 Å². The average molecular weight is 489 g/mol. The summed E-state index contributed by atoms with van der Waals surface area (Å²) < 4.78 is 11.4. The van der Waals surface area contributed by atoms with Gasteiger partial charge in [0, 0.05) is 57.7 Å². The van der Waals surface area contributed by atoms with Crippen molar-refractivity contribution in [3.05, 3.63) is 70.8 Å². The molecular formula is C28H32N4O4. The maximum absolute atomic E-state index is 12.7. The molecule has 0 aromatic heterocycles. The Morgan fingerprint density at radius 1 is 1.06 bits per heavy atom. The number of benzene rings is 2. The van der Waals surface area contributed by atoms with Crippen molar-refractivity contribution in [1.82, 2.24) is 15.1 Å². The summed E-state index contributed by atoms with van der Waals surface area (Å²) >= 11 is 0. The summed E-state index contributed by atoms with van der Waals surface area (Å²) in [5.41, 5.74) is 2.99. The first kappa shape index (κ1) is 24.3.